The minimum Gasteiger partial charge on any atom is -0.351 e. The third kappa shape index (κ3) is 5.16. The number of sulfonamides is 1. The van der Waals surface area contributed by atoms with Crippen molar-refractivity contribution in [1.29, 1.82) is 0 Å². The molecule has 1 rings (SSSR count). The molecular formula is C11H18N2O3S2. The van der Waals surface area contributed by atoms with E-state index in [4.69, 9.17) is 5.14 Å². The van der Waals surface area contributed by atoms with Crippen LogP contribution in [0.1, 0.15) is 32.1 Å². The lowest BCUT2D eigenvalue weighted by atomic mass is 9.92. The van der Waals surface area contributed by atoms with Crippen molar-refractivity contribution >= 4 is 27.3 Å². The molecule has 0 unspecified atom stereocenters. The highest BCUT2D eigenvalue weighted by Crippen LogP contribution is 2.21. The highest BCUT2D eigenvalue weighted by atomic mass is 32.2. The molecule has 18 heavy (non-hydrogen) atoms. The van der Waals surface area contributed by atoms with E-state index in [9.17, 15) is 13.2 Å². The Bertz CT molecular complexity index is 527. The molecule has 0 radical (unpaired) electrons. The van der Waals surface area contributed by atoms with Gasteiger partial charge >= 0.3 is 0 Å². The summed E-state index contributed by atoms with van der Waals surface area (Å²) in [7, 11) is -3.64. The normalized spacial score (nSPS) is 12.4. The fourth-order valence-electron chi connectivity index (χ4n) is 1.34. The molecule has 0 fully saturated rings. The molecule has 1 aromatic rings. The van der Waals surface area contributed by atoms with Crippen LogP contribution in [-0.2, 0) is 21.4 Å². The predicted molar refractivity (Wildman–Crippen MR) is 71.6 cm³/mol. The van der Waals surface area contributed by atoms with Crippen molar-refractivity contribution in [1.82, 2.24) is 5.32 Å². The van der Waals surface area contributed by atoms with Crippen molar-refractivity contribution in [3.63, 3.8) is 0 Å². The number of primary sulfonamides is 1. The summed E-state index contributed by atoms with van der Waals surface area (Å²) in [5.74, 6) is -0.0481. The van der Waals surface area contributed by atoms with E-state index in [2.05, 4.69) is 5.32 Å². The zero-order valence-electron chi connectivity index (χ0n) is 10.7. The van der Waals surface area contributed by atoms with Crippen LogP contribution in [0.2, 0.25) is 0 Å². The second-order valence-electron chi connectivity index (χ2n) is 5.28. The predicted octanol–water partition coefficient (Wildman–Crippen LogP) is 1.45. The summed E-state index contributed by atoms with van der Waals surface area (Å²) in [6, 6.07) is 3.10. The summed E-state index contributed by atoms with van der Waals surface area (Å²) < 4.78 is 22.3. The van der Waals surface area contributed by atoms with Gasteiger partial charge in [-0.25, -0.2) is 13.6 Å². The Morgan fingerprint density at radius 3 is 2.44 bits per heavy atom. The fraction of sp³-hybridized carbons (Fsp3) is 0.545. The van der Waals surface area contributed by atoms with Crippen molar-refractivity contribution in [3.05, 3.63) is 17.0 Å². The van der Waals surface area contributed by atoms with Crippen LogP contribution < -0.4 is 10.5 Å². The van der Waals surface area contributed by atoms with Gasteiger partial charge in [0.15, 0.2) is 0 Å². The number of thiophene rings is 1. The van der Waals surface area contributed by atoms with E-state index in [1.165, 1.54) is 6.07 Å². The van der Waals surface area contributed by atoms with E-state index in [1.807, 2.05) is 20.8 Å². The van der Waals surface area contributed by atoms with Crippen LogP contribution in [0.5, 0.6) is 0 Å². The number of carbonyl (C=O) groups excluding carboxylic acids is 1. The van der Waals surface area contributed by atoms with Crippen molar-refractivity contribution in [2.45, 2.75) is 37.9 Å². The number of nitrogens with two attached hydrogens (primary N) is 1. The van der Waals surface area contributed by atoms with Crippen LogP contribution in [0.3, 0.4) is 0 Å². The SMILES string of the molecule is CC(C)(C)CC(=O)NCc1ccc(S(N)(=O)=O)s1. The molecule has 1 heterocycles. The maximum absolute atomic E-state index is 11.6. The minimum atomic E-state index is -3.64. The Morgan fingerprint density at radius 1 is 1.39 bits per heavy atom. The largest absolute Gasteiger partial charge is 0.351 e. The number of amides is 1. The standard InChI is InChI=1S/C11H18N2O3S2/c1-11(2,3)6-9(14)13-7-8-4-5-10(17-8)18(12,15)16/h4-5H,6-7H2,1-3H3,(H,13,14)(H2,12,15,16). The first-order chi connectivity index (χ1) is 8.08. The van der Waals surface area contributed by atoms with Crippen LogP contribution in [0, 0.1) is 5.41 Å². The maximum atomic E-state index is 11.6. The van der Waals surface area contributed by atoms with Gasteiger partial charge in [-0.15, -0.1) is 11.3 Å². The molecule has 3 N–H and O–H groups in total. The average molecular weight is 290 g/mol. The zero-order valence-corrected chi connectivity index (χ0v) is 12.3. The summed E-state index contributed by atoms with van der Waals surface area (Å²) >= 11 is 1.07. The van der Waals surface area contributed by atoms with Gasteiger partial charge < -0.3 is 5.32 Å². The van der Waals surface area contributed by atoms with Crippen LogP contribution in [0.4, 0.5) is 0 Å². The molecule has 102 valence electrons. The van der Waals surface area contributed by atoms with Crippen LogP contribution >= 0.6 is 11.3 Å². The topological polar surface area (TPSA) is 89.3 Å². The first-order valence-electron chi connectivity index (χ1n) is 5.46. The van der Waals surface area contributed by atoms with Gasteiger partial charge in [-0.1, -0.05) is 20.8 Å². The summed E-state index contributed by atoms with van der Waals surface area (Å²) in [5.41, 5.74) is -0.0642. The Labute approximate surface area is 111 Å². The number of nitrogens with one attached hydrogen (secondary N) is 1. The Hall–Kier alpha value is -0.920. The first kappa shape index (κ1) is 15.1. The van der Waals surface area contributed by atoms with Gasteiger partial charge in [-0.2, -0.15) is 0 Å². The van der Waals surface area contributed by atoms with E-state index >= 15 is 0 Å². The van der Waals surface area contributed by atoms with E-state index < -0.39 is 10.0 Å². The summed E-state index contributed by atoms with van der Waals surface area (Å²) in [6.07, 6.45) is 0.431. The smallest absolute Gasteiger partial charge is 0.247 e. The summed E-state index contributed by atoms with van der Waals surface area (Å²) in [4.78, 5) is 12.4. The lowest BCUT2D eigenvalue weighted by molar-refractivity contribution is -0.122. The van der Waals surface area contributed by atoms with Crippen molar-refractivity contribution in [3.8, 4) is 0 Å². The van der Waals surface area contributed by atoms with Crippen LogP contribution in [0.15, 0.2) is 16.3 Å². The Morgan fingerprint density at radius 2 is 2.00 bits per heavy atom. The molecule has 0 saturated heterocycles. The molecule has 0 aliphatic heterocycles. The minimum absolute atomic E-state index is 0.0481. The third-order valence-corrected chi connectivity index (χ3v) is 4.59. The molecule has 0 atom stereocenters. The van der Waals surface area contributed by atoms with E-state index in [0.29, 0.717) is 13.0 Å². The van der Waals surface area contributed by atoms with Gasteiger partial charge in [0, 0.05) is 11.3 Å². The maximum Gasteiger partial charge on any atom is 0.247 e. The molecule has 1 aromatic heterocycles. The lowest BCUT2D eigenvalue weighted by Crippen LogP contribution is -2.26. The molecule has 1 amide bonds. The Balaban J connectivity index is 2.55. The molecule has 0 aliphatic rings. The third-order valence-electron chi connectivity index (χ3n) is 2.07. The number of rotatable bonds is 4. The van der Waals surface area contributed by atoms with Crippen molar-refractivity contribution in [2.24, 2.45) is 10.6 Å². The molecule has 7 heteroatoms. The van der Waals surface area contributed by atoms with Gasteiger partial charge in [-0.05, 0) is 17.5 Å². The monoisotopic (exact) mass is 290 g/mol. The summed E-state index contributed by atoms with van der Waals surface area (Å²) in [6.45, 7) is 6.28. The second-order valence-corrected chi connectivity index (χ2v) is 8.24. The molecular weight excluding hydrogens is 272 g/mol. The van der Waals surface area contributed by atoms with Crippen molar-refractivity contribution in [2.75, 3.05) is 0 Å². The second kappa shape index (κ2) is 5.38. The quantitative estimate of drug-likeness (QED) is 0.879. The molecule has 0 saturated carbocycles. The van der Waals surface area contributed by atoms with Gasteiger partial charge in [0.25, 0.3) is 0 Å². The molecule has 0 aliphatic carbocycles. The molecule has 0 aromatic carbocycles. The van der Waals surface area contributed by atoms with Gasteiger partial charge in [-0.3, -0.25) is 4.79 Å². The number of hydrogen-bond donors (Lipinski definition) is 2. The molecule has 0 bridgehead atoms. The lowest BCUT2D eigenvalue weighted by Gasteiger charge is -2.16. The zero-order chi connectivity index (χ0) is 14.0. The van der Waals surface area contributed by atoms with Gasteiger partial charge in [0.1, 0.15) is 4.21 Å². The highest BCUT2D eigenvalue weighted by Gasteiger charge is 2.16. The molecule has 0 spiro atoms. The Kier molecular flexibility index (Phi) is 4.52. The van der Waals surface area contributed by atoms with E-state index in [1.54, 1.807) is 6.07 Å². The van der Waals surface area contributed by atoms with E-state index in [0.717, 1.165) is 16.2 Å². The average Bonchev–Trinajstić information content (AvgIpc) is 2.59. The van der Waals surface area contributed by atoms with Crippen LogP contribution in [0.25, 0.3) is 0 Å². The fourth-order valence-corrected chi connectivity index (χ4v) is 3.05. The number of hydrogen-bond acceptors (Lipinski definition) is 4. The highest BCUT2D eigenvalue weighted by molar-refractivity contribution is 7.91. The first-order valence-corrected chi connectivity index (χ1v) is 7.82. The molecule has 5 nitrogen and oxygen atoms in total. The van der Waals surface area contributed by atoms with Crippen molar-refractivity contribution < 1.29 is 13.2 Å². The van der Waals surface area contributed by atoms with E-state index in [-0.39, 0.29) is 15.5 Å². The van der Waals surface area contributed by atoms with Gasteiger partial charge in [0.05, 0.1) is 6.54 Å². The summed E-state index contributed by atoms with van der Waals surface area (Å²) in [5, 5.41) is 7.76. The van der Waals surface area contributed by atoms with Gasteiger partial charge in [0.2, 0.25) is 15.9 Å². The van der Waals surface area contributed by atoms with Crippen LogP contribution in [-0.4, -0.2) is 14.3 Å². The number of carbonyl (C=O) groups is 1.